The summed E-state index contributed by atoms with van der Waals surface area (Å²) < 4.78 is 5.07. The molecule has 3 rings (SSSR count). The molecule has 1 N–H and O–H groups in total. The number of hydrogen-bond donors (Lipinski definition) is 1. The Balaban J connectivity index is 2.04. The van der Waals surface area contributed by atoms with Gasteiger partial charge in [-0.3, -0.25) is 4.79 Å². The van der Waals surface area contributed by atoms with Crippen LogP contribution in [0.15, 0.2) is 42.5 Å². The minimum atomic E-state index is -0.205. The summed E-state index contributed by atoms with van der Waals surface area (Å²) in [6.07, 6.45) is 0.826. The fraction of sp³-hybridized carbons (Fsp3) is 0.235. The fourth-order valence-corrected chi connectivity index (χ4v) is 2.86. The van der Waals surface area contributed by atoms with Crippen molar-refractivity contribution in [3.8, 4) is 11.5 Å². The Hall–Kier alpha value is -2.49. The minimum absolute atomic E-state index is 0.0699. The largest absolute Gasteiger partial charge is 0.504 e. The summed E-state index contributed by atoms with van der Waals surface area (Å²) in [4.78, 5) is 14.6. The van der Waals surface area contributed by atoms with Gasteiger partial charge in [0.1, 0.15) is 0 Å². The van der Waals surface area contributed by atoms with Crippen molar-refractivity contribution in [2.75, 3.05) is 12.0 Å². The number of phenols is 1. The number of para-hydroxylation sites is 2. The zero-order chi connectivity index (χ0) is 15.0. The zero-order valence-corrected chi connectivity index (χ0v) is 12.0. The summed E-state index contributed by atoms with van der Waals surface area (Å²) in [5.41, 5.74) is 2.33. The maximum absolute atomic E-state index is 12.8. The Morgan fingerprint density at radius 1 is 1.24 bits per heavy atom. The Morgan fingerprint density at radius 2 is 2.00 bits per heavy atom. The van der Waals surface area contributed by atoms with Gasteiger partial charge in [-0.25, -0.2) is 0 Å². The molecule has 0 aromatic heterocycles. The van der Waals surface area contributed by atoms with Crippen molar-refractivity contribution >= 4 is 11.6 Å². The van der Waals surface area contributed by atoms with Crippen molar-refractivity contribution in [1.82, 2.24) is 0 Å². The molecule has 0 spiro atoms. The molecular formula is C17H17NO3. The number of carbonyl (C=O) groups is 1. The van der Waals surface area contributed by atoms with Crippen LogP contribution < -0.4 is 9.64 Å². The van der Waals surface area contributed by atoms with Crippen LogP contribution in [0.1, 0.15) is 22.8 Å². The molecule has 0 saturated carbocycles. The van der Waals surface area contributed by atoms with Crippen LogP contribution in [0.25, 0.3) is 0 Å². The second-order valence-corrected chi connectivity index (χ2v) is 5.21. The first-order chi connectivity index (χ1) is 10.1. The van der Waals surface area contributed by atoms with Crippen molar-refractivity contribution in [1.29, 1.82) is 0 Å². The van der Waals surface area contributed by atoms with Crippen LogP contribution in [0.5, 0.6) is 11.5 Å². The van der Waals surface area contributed by atoms with Crippen LogP contribution in [-0.4, -0.2) is 24.2 Å². The second kappa shape index (κ2) is 5.13. The first-order valence-electron chi connectivity index (χ1n) is 6.91. The molecular weight excluding hydrogens is 266 g/mol. The lowest BCUT2D eigenvalue weighted by atomic mass is 10.1. The topological polar surface area (TPSA) is 49.8 Å². The smallest absolute Gasteiger partial charge is 0.262 e. The molecule has 1 unspecified atom stereocenters. The third kappa shape index (κ3) is 2.13. The van der Waals surface area contributed by atoms with E-state index in [0.29, 0.717) is 5.75 Å². The van der Waals surface area contributed by atoms with Crippen molar-refractivity contribution in [3.63, 3.8) is 0 Å². The fourth-order valence-electron chi connectivity index (χ4n) is 2.86. The van der Waals surface area contributed by atoms with Crippen LogP contribution >= 0.6 is 0 Å². The maximum atomic E-state index is 12.8. The standard InChI is InChI=1S/C17H17NO3/c1-11-10-12-6-3-4-8-14(12)18(11)17(20)13-7-5-9-15(21-2)16(13)19/h3-9,11,19H,10H2,1-2H3. The Labute approximate surface area is 123 Å². The number of ether oxygens (including phenoxy) is 1. The van der Waals surface area contributed by atoms with Gasteiger partial charge in [-0.2, -0.15) is 0 Å². The van der Waals surface area contributed by atoms with Crippen LogP contribution in [0, 0.1) is 0 Å². The molecule has 1 heterocycles. The van der Waals surface area contributed by atoms with E-state index >= 15 is 0 Å². The number of aromatic hydroxyl groups is 1. The van der Waals surface area contributed by atoms with Gasteiger partial charge in [0.2, 0.25) is 0 Å². The molecule has 4 heteroatoms. The Kier molecular flexibility index (Phi) is 3.29. The van der Waals surface area contributed by atoms with Crippen molar-refractivity contribution in [3.05, 3.63) is 53.6 Å². The molecule has 0 saturated heterocycles. The summed E-state index contributed by atoms with van der Waals surface area (Å²) in [7, 11) is 1.47. The number of benzene rings is 2. The van der Waals surface area contributed by atoms with Gasteiger partial charge in [-0.15, -0.1) is 0 Å². The van der Waals surface area contributed by atoms with Gasteiger partial charge in [0, 0.05) is 11.7 Å². The molecule has 0 fully saturated rings. The number of amides is 1. The monoisotopic (exact) mass is 283 g/mol. The highest BCUT2D eigenvalue weighted by Gasteiger charge is 2.32. The molecule has 108 valence electrons. The summed E-state index contributed by atoms with van der Waals surface area (Å²) in [6.45, 7) is 2.01. The number of hydrogen-bond acceptors (Lipinski definition) is 3. The third-order valence-corrected chi connectivity index (χ3v) is 3.88. The molecule has 0 radical (unpaired) electrons. The second-order valence-electron chi connectivity index (χ2n) is 5.21. The van der Waals surface area contributed by atoms with E-state index in [1.165, 1.54) is 7.11 Å². The zero-order valence-electron chi connectivity index (χ0n) is 12.0. The van der Waals surface area contributed by atoms with Crippen molar-refractivity contribution in [2.24, 2.45) is 0 Å². The maximum Gasteiger partial charge on any atom is 0.262 e. The highest BCUT2D eigenvalue weighted by Crippen LogP contribution is 2.36. The predicted molar refractivity (Wildman–Crippen MR) is 81.1 cm³/mol. The normalized spacial score (nSPS) is 16.7. The highest BCUT2D eigenvalue weighted by atomic mass is 16.5. The van der Waals surface area contributed by atoms with E-state index in [0.717, 1.165) is 17.7 Å². The van der Waals surface area contributed by atoms with E-state index in [1.54, 1.807) is 23.1 Å². The van der Waals surface area contributed by atoms with Gasteiger partial charge in [0.25, 0.3) is 5.91 Å². The highest BCUT2D eigenvalue weighted by molar-refractivity contribution is 6.09. The van der Waals surface area contributed by atoms with E-state index in [9.17, 15) is 9.90 Å². The van der Waals surface area contributed by atoms with Gasteiger partial charge in [-0.1, -0.05) is 24.3 Å². The Morgan fingerprint density at radius 3 is 2.76 bits per heavy atom. The van der Waals surface area contributed by atoms with Gasteiger partial charge >= 0.3 is 0 Å². The third-order valence-electron chi connectivity index (χ3n) is 3.88. The molecule has 0 aliphatic carbocycles. The van der Waals surface area contributed by atoms with E-state index in [2.05, 4.69) is 0 Å². The average Bonchev–Trinajstić information content (AvgIpc) is 2.82. The quantitative estimate of drug-likeness (QED) is 0.921. The molecule has 1 aliphatic rings. The number of nitrogens with zero attached hydrogens (tertiary/aromatic N) is 1. The number of anilines is 1. The van der Waals surface area contributed by atoms with Gasteiger partial charge in [0.05, 0.1) is 12.7 Å². The van der Waals surface area contributed by atoms with Gasteiger partial charge in [-0.05, 0) is 37.1 Å². The predicted octanol–water partition coefficient (Wildman–Crippen LogP) is 2.99. The molecule has 21 heavy (non-hydrogen) atoms. The number of fused-ring (bicyclic) bond motifs is 1. The van der Waals surface area contributed by atoms with E-state index in [4.69, 9.17) is 4.74 Å². The van der Waals surface area contributed by atoms with E-state index in [-0.39, 0.29) is 23.3 Å². The SMILES string of the molecule is COc1cccc(C(=O)N2c3ccccc3CC2C)c1O. The number of rotatable bonds is 2. The Bertz CT molecular complexity index is 696. The van der Waals surface area contributed by atoms with Crippen LogP contribution in [0.2, 0.25) is 0 Å². The molecule has 0 bridgehead atoms. The summed E-state index contributed by atoms with van der Waals surface area (Å²) in [6, 6.07) is 12.9. The molecule has 1 atom stereocenters. The minimum Gasteiger partial charge on any atom is -0.504 e. The van der Waals surface area contributed by atoms with E-state index in [1.807, 2.05) is 31.2 Å². The number of carbonyl (C=O) groups excluding carboxylic acids is 1. The van der Waals surface area contributed by atoms with Crippen LogP contribution in [0.3, 0.4) is 0 Å². The molecule has 2 aromatic rings. The molecule has 1 aliphatic heterocycles. The van der Waals surface area contributed by atoms with Crippen LogP contribution in [0.4, 0.5) is 5.69 Å². The van der Waals surface area contributed by atoms with Crippen molar-refractivity contribution < 1.29 is 14.6 Å². The molecule has 2 aromatic carbocycles. The van der Waals surface area contributed by atoms with Gasteiger partial charge in [0.15, 0.2) is 11.5 Å². The van der Waals surface area contributed by atoms with Gasteiger partial charge < -0.3 is 14.7 Å². The molecule has 1 amide bonds. The lowest BCUT2D eigenvalue weighted by Gasteiger charge is -2.23. The lowest BCUT2D eigenvalue weighted by molar-refractivity contribution is 0.0978. The number of methoxy groups -OCH3 is 1. The molecule has 4 nitrogen and oxygen atoms in total. The lowest BCUT2D eigenvalue weighted by Crippen LogP contribution is -2.35. The first-order valence-corrected chi connectivity index (χ1v) is 6.91. The van der Waals surface area contributed by atoms with Crippen LogP contribution in [-0.2, 0) is 6.42 Å². The summed E-state index contributed by atoms with van der Waals surface area (Å²) in [5, 5.41) is 10.2. The number of phenolic OH excluding ortho intramolecular Hbond substituents is 1. The van der Waals surface area contributed by atoms with Crippen molar-refractivity contribution in [2.45, 2.75) is 19.4 Å². The summed E-state index contributed by atoms with van der Waals surface area (Å²) in [5.74, 6) is -0.00795. The first kappa shape index (κ1) is 13.5. The van der Waals surface area contributed by atoms with E-state index < -0.39 is 0 Å². The average molecular weight is 283 g/mol. The summed E-state index contributed by atoms with van der Waals surface area (Å²) >= 11 is 0.